The molecule has 1 aromatic heterocycles. The second kappa shape index (κ2) is 7.99. The third-order valence-corrected chi connectivity index (χ3v) is 4.69. The van der Waals surface area contributed by atoms with Crippen molar-refractivity contribution in [3.05, 3.63) is 22.4 Å². The zero-order chi connectivity index (χ0) is 15.2. The topological polar surface area (TPSA) is 37.3 Å². The van der Waals surface area contributed by atoms with Crippen LogP contribution in [-0.4, -0.2) is 41.6 Å². The summed E-state index contributed by atoms with van der Waals surface area (Å²) in [6.07, 6.45) is 8.29. The number of aromatic nitrogens is 1. The van der Waals surface area contributed by atoms with Gasteiger partial charge in [0.1, 0.15) is 5.69 Å². The van der Waals surface area contributed by atoms with Gasteiger partial charge >= 0.3 is 0 Å². The van der Waals surface area contributed by atoms with Crippen LogP contribution in [0.5, 0.6) is 0 Å². The van der Waals surface area contributed by atoms with Crippen LogP contribution in [0.2, 0.25) is 0 Å². The molecule has 2 rings (SSSR count). The summed E-state index contributed by atoms with van der Waals surface area (Å²) in [4.78, 5) is 14.7. The SMILES string of the molecule is CCCn1cc(Br)cc1C(=O)NCCN(C)C1CCCC1. The van der Waals surface area contributed by atoms with E-state index in [0.29, 0.717) is 12.6 Å². The average Bonchev–Trinajstić information content (AvgIpc) is 3.08. The van der Waals surface area contributed by atoms with Crippen LogP contribution in [-0.2, 0) is 6.54 Å². The van der Waals surface area contributed by atoms with Gasteiger partial charge in [-0.15, -0.1) is 0 Å². The van der Waals surface area contributed by atoms with E-state index in [4.69, 9.17) is 0 Å². The molecule has 1 fully saturated rings. The summed E-state index contributed by atoms with van der Waals surface area (Å²) in [6, 6.07) is 2.60. The van der Waals surface area contributed by atoms with Gasteiger partial charge in [0.25, 0.3) is 5.91 Å². The minimum atomic E-state index is 0.0222. The van der Waals surface area contributed by atoms with Gasteiger partial charge in [-0.1, -0.05) is 19.8 Å². The lowest BCUT2D eigenvalue weighted by Gasteiger charge is -2.23. The lowest BCUT2D eigenvalue weighted by atomic mass is 10.2. The molecule has 0 aliphatic heterocycles. The largest absolute Gasteiger partial charge is 0.349 e. The van der Waals surface area contributed by atoms with Gasteiger partial charge in [-0.05, 0) is 48.3 Å². The van der Waals surface area contributed by atoms with Gasteiger partial charge in [0.15, 0.2) is 0 Å². The normalized spacial score (nSPS) is 15.8. The first-order valence-electron chi connectivity index (χ1n) is 7.96. The monoisotopic (exact) mass is 355 g/mol. The molecule has 0 spiro atoms. The fraction of sp³-hybridized carbons (Fsp3) is 0.688. The Bertz CT molecular complexity index is 466. The van der Waals surface area contributed by atoms with E-state index in [-0.39, 0.29) is 5.91 Å². The highest BCUT2D eigenvalue weighted by atomic mass is 79.9. The van der Waals surface area contributed by atoms with Crippen molar-refractivity contribution in [2.45, 2.75) is 51.6 Å². The molecule has 0 unspecified atom stereocenters. The van der Waals surface area contributed by atoms with Gasteiger partial charge in [-0.3, -0.25) is 4.79 Å². The van der Waals surface area contributed by atoms with E-state index in [9.17, 15) is 4.79 Å². The molecule has 1 aliphatic rings. The molecule has 21 heavy (non-hydrogen) atoms. The van der Waals surface area contributed by atoms with Crippen LogP contribution in [0.15, 0.2) is 16.7 Å². The summed E-state index contributed by atoms with van der Waals surface area (Å²) in [5, 5.41) is 3.04. The maximum atomic E-state index is 12.3. The third-order valence-electron chi connectivity index (χ3n) is 4.26. The average molecular weight is 356 g/mol. The first kappa shape index (κ1) is 16.6. The van der Waals surface area contributed by atoms with E-state index in [2.05, 4.69) is 40.1 Å². The van der Waals surface area contributed by atoms with Crippen molar-refractivity contribution in [1.29, 1.82) is 0 Å². The Labute approximate surface area is 136 Å². The highest BCUT2D eigenvalue weighted by Crippen LogP contribution is 2.21. The van der Waals surface area contributed by atoms with Gasteiger partial charge < -0.3 is 14.8 Å². The number of amides is 1. The van der Waals surface area contributed by atoms with E-state index in [0.717, 1.165) is 29.7 Å². The number of aryl methyl sites for hydroxylation is 1. The van der Waals surface area contributed by atoms with Gasteiger partial charge in [-0.25, -0.2) is 0 Å². The van der Waals surface area contributed by atoms with Crippen molar-refractivity contribution in [2.75, 3.05) is 20.1 Å². The molecule has 1 N–H and O–H groups in total. The van der Waals surface area contributed by atoms with Crippen LogP contribution in [0, 0.1) is 0 Å². The van der Waals surface area contributed by atoms with Crippen molar-refractivity contribution in [2.24, 2.45) is 0 Å². The summed E-state index contributed by atoms with van der Waals surface area (Å²) in [5.74, 6) is 0.0222. The Kier molecular flexibility index (Phi) is 6.30. The number of halogens is 1. The second-order valence-corrected chi connectivity index (χ2v) is 6.83. The Hall–Kier alpha value is -0.810. The molecule has 1 amide bonds. The molecule has 0 atom stereocenters. The molecule has 0 bridgehead atoms. The predicted octanol–water partition coefficient (Wildman–Crippen LogP) is 3.26. The number of carbonyl (C=O) groups excluding carboxylic acids is 1. The zero-order valence-electron chi connectivity index (χ0n) is 13.1. The van der Waals surface area contributed by atoms with E-state index < -0.39 is 0 Å². The van der Waals surface area contributed by atoms with Crippen molar-refractivity contribution in [3.63, 3.8) is 0 Å². The molecule has 1 heterocycles. The fourth-order valence-corrected chi connectivity index (χ4v) is 3.52. The van der Waals surface area contributed by atoms with Gasteiger partial charge in [0, 0.05) is 36.3 Å². The van der Waals surface area contributed by atoms with Crippen LogP contribution in [0.25, 0.3) is 0 Å². The maximum Gasteiger partial charge on any atom is 0.267 e. The molecule has 118 valence electrons. The van der Waals surface area contributed by atoms with Crippen LogP contribution in [0.1, 0.15) is 49.5 Å². The highest BCUT2D eigenvalue weighted by Gasteiger charge is 2.19. The summed E-state index contributed by atoms with van der Waals surface area (Å²) in [6.45, 7) is 4.62. The van der Waals surface area contributed by atoms with Crippen molar-refractivity contribution in [3.8, 4) is 0 Å². The number of nitrogens with one attached hydrogen (secondary N) is 1. The van der Waals surface area contributed by atoms with Crippen LogP contribution < -0.4 is 5.32 Å². The highest BCUT2D eigenvalue weighted by molar-refractivity contribution is 9.10. The number of hydrogen-bond acceptors (Lipinski definition) is 2. The second-order valence-electron chi connectivity index (χ2n) is 5.91. The van der Waals surface area contributed by atoms with Gasteiger partial charge in [0.2, 0.25) is 0 Å². The first-order chi connectivity index (χ1) is 10.1. The minimum absolute atomic E-state index is 0.0222. The number of rotatable bonds is 7. The number of carbonyl (C=O) groups is 1. The van der Waals surface area contributed by atoms with E-state index in [1.807, 2.05) is 16.8 Å². The predicted molar refractivity (Wildman–Crippen MR) is 89.6 cm³/mol. The number of likely N-dealkylation sites (N-methyl/N-ethyl adjacent to an activating group) is 1. The molecule has 5 heteroatoms. The van der Waals surface area contributed by atoms with Crippen molar-refractivity contribution >= 4 is 21.8 Å². The van der Waals surface area contributed by atoms with Crippen molar-refractivity contribution in [1.82, 2.24) is 14.8 Å². The molecule has 4 nitrogen and oxygen atoms in total. The Morgan fingerprint density at radius 3 is 2.86 bits per heavy atom. The summed E-state index contributed by atoms with van der Waals surface area (Å²) in [5.41, 5.74) is 0.743. The summed E-state index contributed by atoms with van der Waals surface area (Å²) in [7, 11) is 2.17. The quantitative estimate of drug-likeness (QED) is 0.814. The molecule has 0 radical (unpaired) electrons. The van der Waals surface area contributed by atoms with E-state index in [1.165, 1.54) is 25.7 Å². The standard InChI is InChI=1S/C16H26BrN3O/c1-3-9-20-12-13(17)11-15(20)16(21)18-8-10-19(2)14-6-4-5-7-14/h11-12,14H,3-10H2,1-2H3,(H,18,21). The van der Waals surface area contributed by atoms with Gasteiger partial charge in [0.05, 0.1) is 0 Å². The smallest absolute Gasteiger partial charge is 0.267 e. The molecule has 1 aliphatic carbocycles. The Morgan fingerprint density at radius 2 is 2.19 bits per heavy atom. The molecular weight excluding hydrogens is 330 g/mol. The van der Waals surface area contributed by atoms with E-state index >= 15 is 0 Å². The summed E-state index contributed by atoms with van der Waals surface area (Å²) < 4.78 is 2.98. The summed E-state index contributed by atoms with van der Waals surface area (Å²) >= 11 is 3.45. The maximum absolute atomic E-state index is 12.3. The van der Waals surface area contributed by atoms with Crippen LogP contribution in [0.3, 0.4) is 0 Å². The molecule has 0 aromatic carbocycles. The van der Waals surface area contributed by atoms with Gasteiger partial charge in [-0.2, -0.15) is 0 Å². The zero-order valence-corrected chi connectivity index (χ0v) is 14.7. The van der Waals surface area contributed by atoms with Crippen LogP contribution >= 0.6 is 15.9 Å². The fourth-order valence-electron chi connectivity index (χ4n) is 3.06. The minimum Gasteiger partial charge on any atom is -0.349 e. The lowest BCUT2D eigenvalue weighted by Crippen LogP contribution is -2.37. The molecule has 1 aromatic rings. The third kappa shape index (κ3) is 4.58. The lowest BCUT2D eigenvalue weighted by molar-refractivity contribution is 0.0937. The van der Waals surface area contributed by atoms with E-state index in [1.54, 1.807) is 0 Å². The van der Waals surface area contributed by atoms with Crippen LogP contribution in [0.4, 0.5) is 0 Å². The van der Waals surface area contributed by atoms with Crippen molar-refractivity contribution < 1.29 is 4.79 Å². The Morgan fingerprint density at radius 1 is 1.48 bits per heavy atom. The first-order valence-corrected chi connectivity index (χ1v) is 8.75. The molecule has 1 saturated carbocycles. The molecule has 0 saturated heterocycles. The Balaban J connectivity index is 1.81. The molecular formula is C16H26BrN3O. The number of nitrogens with zero attached hydrogens (tertiary/aromatic N) is 2. The number of hydrogen-bond donors (Lipinski definition) is 1.